The van der Waals surface area contributed by atoms with Crippen molar-refractivity contribution >= 4 is 23.4 Å². The molecule has 1 saturated heterocycles. The molecule has 1 aliphatic heterocycles. The molecule has 2 aromatic rings. The van der Waals surface area contributed by atoms with E-state index >= 15 is 0 Å². The fourth-order valence-corrected chi connectivity index (χ4v) is 3.85. The highest BCUT2D eigenvalue weighted by atomic mass is 35.5. The molecule has 1 unspecified atom stereocenters. The van der Waals surface area contributed by atoms with Gasteiger partial charge in [-0.1, -0.05) is 29.8 Å². The van der Waals surface area contributed by atoms with Gasteiger partial charge in [0.05, 0.1) is 18.9 Å². The van der Waals surface area contributed by atoms with Gasteiger partial charge in [-0.3, -0.25) is 9.59 Å². The Morgan fingerprint density at radius 1 is 1.21 bits per heavy atom. The number of aliphatic hydroxyl groups is 1. The standard InChI is InChI=1S/C20H20ClN3O4/c1-22-20(27)16-7-10(19(26)24-17-12-8-28-9-13(12)17)6-15(23-16)18(25)11-4-2-3-5-14(11)21/h2-7,12-13,17-18,25H,8-9H2,1H3,(H,22,27)(H,24,26)/t12-,13+,17?,18-/m1/s1. The molecular formula is C20H20ClN3O4. The van der Waals surface area contributed by atoms with Gasteiger partial charge in [0.15, 0.2) is 0 Å². The number of fused-ring (bicyclic) bond motifs is 1. The number of aromatic nitrogens is 1. The highest BCUT2D eigenvalue weighted by molar-refractivity contribution is 6.31. The number of amides is 2. The van der Waals surface area contributed by atoms with Crippen molar-refractivity contribution in [3.05, 3.63) is 63.9 Å². The van der Waals surface area contributed by atoms with E-state index < -0.39 is 12.0 Å². The molecule has 146 valence electrons. The average Bonchev–Trinajstić information content (AvgIpc) is 3.13. The van der Waals surface area contributed by atoms with Crippen LogP contribution in [-0.4, -0.2) is 48.2 Å². The summed E-state index contributed by atoms with van der Waals surface area (Å²) in [4.78, 5) is 29.1. The lowest BCUT2D eigenvalue weighted by molar-refractivity contribution is 0.0928. The summed E-state index contributed by atoms with van der Waals surface area (Å²) in [6.07, 6.45) is -1.17. The Bertz CT molecular complexity index is 925. The number of benzene rings is 1. The largest absolute Gasteiger partial charge is 0.382 e. The smallest absolute Gasteiger partial charge is 0.269 e. The van der Waals surface area contributed by atoms with Crippen molar-refractivity contribution in [1.82, 2.24) is 15.6 Å². The van der Waals surface area contributed by atoms with Crippen LogP contribution in [0.3, 0.4) is 0 Å². The van der Waals surface area contributed by atoms with Crippen molar-refractivity contribution in [1.29, 1.82) is 0 Å². The molecule has 0 spiro atoms. The van der Waals surface area contributed by atoms with Gasteiger partial charge in [-0.05, 0) is 18.2 Å². The summed E-state index contributed by atoms with van der Waals surface area (Å²) in [5, 5.41) is 16.6. The van der Waals surface area contributed by atoms with Crippen molar-refractivity contribution in [2.45, 2.75) is 12.1 Å². The van der Waals surface area contributed by atoms with E-state index in [-0.39, 0.29) is 28.9 Å². The molecule has 2 aliphatic rings. The lowest BCUT2D eigenvalue weighted by Gasteiger charge is -2.15. The second-order valence-electron chi connectivity index (χ2n) is 7.03. The minimum Gasteiger partial charge on any atom is -0.382 e. The Morgan fingerprint density at radius 3 is 2.61 bits per heavy atom. The van der Waals surface area contributed by atoms with E-state index in [2.05, 4.69) is 15.6 Å². The van der Waals surface area contributed by atoms with Crippen LogP contribution in [0, 0.1) is 11.8 Å². The molecule has 0 radical (unpaired) electrons. The maximum absolute atomic E-state index is 12.7. The number of halogens is 1. The average molecular weight is 402 g/mol. The molecule has 1 aromatic carbocycles. The van der Waals surface area contributed by atoms with E-state index in [1.54, 1.807) is 24.3 Å². The number of carbonyl (C=O) groups is 2. The molecule has 4 rings (SSSR count). The van der Waals surface area contributed by atoms with Crippen LogP contribution < -0.4 is 10.6 Å². The SMILES string of the molecule is CNC(=O)c1cc(C(=O)NC2[C@H]3COC[C@@H]23)cc([C@H](O)c2ccccc2Cl)n1. The molecule has 2 amide bonds. The van der Waals surface area contributed by atoms with Crippen molar-refractivity contribution in [2.24, 2.45) is 11.8 Å². The summed E-state index contributed by atoms with van der Waals surface area (Å²) in [5.41, 5.74) is 0.945. The van der Waals surface area contributed by atoms with Crippen LogP contribution in [0.5, 0.6) is 0 Å². The fraction of sp³-hybridized carbons (Fsp3) is 0.350. The summed E-state index contributed by atoms with van der Waals surface area (Å²) in [6, 6.07) is 9.83. The second-order valence-corrected chi connectivity index (χ2v) is 7.44. The Kier molecular flexibility index (Phi) is 5.05. The van der Waals surface area contributed by atoms with E-state index in [1.165, 1.54) is 19.2 Å². The lowest BCUT2D eigenvalue weighted by Crippen LogP contribution is -2.31. The highest BCUT2D eigenvalue weighted by Gasteiger charge is 2.54. The highest BCUT2D eigenvalue weighted by Crippen LogP contribution is 2.44. The molecule has 1 aliphatic carbocycles. The van der Waals surface area contributed by atoms with E-state index in [4.69, 9.17) is 16.3 Å². The van der Waals surface area contributed by atoms with Crippen LogP contribution in [-0.2, 0) is 4.74 Å². The Labute approximate surface area is 167 Å². The van der Waals surface area contributed by atoms with Crippen LogP contribution >= 0.6 is 11.6 Å². The van der Waals surface area contributed by atoms with Crippen LogP contribution in [0.1, 0.15) is 38.2 Å². The van der Waals surface area contributed by atoms with Gasteiger partial charge in [0.1, 0.15) is 11.8 Å². The zero-order chi connectivity index (χ0) is 19.8. The molecular weight excluding hydrogens is 382 g/mol. The van der Waals surface area contributed by atoms with Gasteiger partial charge < -0.3 is 20.5 Å². The van der Waals surface area contributed by atoms with Gasteiger partial charge in [0.2, 0.25) is 0 Å². The fourth-order valence-electron chi connectivity index (χ4n) is 3.61. The molecule has 8 heteroatoms. The second kappa shape index (κ2) is 7.50. The summed E-state index contributed by atoms with van der Waals surface area (Å²) in [5.74, 6) is -0.0340. The molecule has 28 heavy (non-hydrogen) atoms. The van der Waals surface area contributed by atoms with E-state index in [9.17, 15) is 14.7 Å². The third-order valence-electron chi connectivity index (χ3n) is 5.30. The van der Waals surface area contributed by atoms with Gasteiger partial charge in [-0.2, -0.15) is 0 Å². The first-order valence-electron chi connectivity index (χ1n) is 9.04. The topological polar surface area (TPSA) is 101 Å². The van der Waals surface area contributed by atoms with Crippen LogP contribution in [0.4, 0.5) is 0 Å². The molecule has 2 fully saturated rings. The van der Waals surface area contributed by atoms with Crippen molar-refractivity contribution in [3.63, 3.8) is 0 Å². The Hall–Kier alpha value is -2.48. The lowest BCUT2D eigenvalue weighted by atomic mass is 10.0. The summed E-state index contributed by atoms with van der Waals surface area (Å²) < 4.78 is 5.34. The van der Waals surface area contributed by atoms with Crippen molar-refractivity contribution in [2.75, 3.05) is 20.3 Å². The van der Waals surface area contributed by atoms with Gasteiger partial charge in [0.25, 0.3) is 11.8 Å². The molecule has 1 saturated carbocycles. The third kappa shape index (κ3) is 3.48. The summed E-state index contributed by atoms with van der Waals surface area (Å²) in [6.45, 7) is 1.32. The van der Waals surface area contributed by atoms with Crippen LogP contribution in [0.25, 0.3) is 0 Å². The number of rotatable bonds is 5. The number of hydrogen-bond donors (Lipinski definition) is 3. The number of pyridine rings is 1. The summed E-state index contributed by atoms with van der Waals surface area (Å²) >= 11 is 6.17. The maximum Gasteiger partial charge on any atom is 0.269 e. The quantitative estimate of drug-likeness (QED) is 0.705. The number of hydrogen-bond acceptors (Lipinski definition) is 5. The number of ether oxygens (including phenoxy) is 1. The van der Waals surface area contributed by atoms with Gasteiger partial charge in [-0.15, -0.1) is 0 Å². The number of nitrogens with zero attached hydrogens (tertiary/aromatic N) is 1. The Morgan fingerprint density at radius 2 is 1.93 bits per heavy atom. The van der Waals surface area contributed by atoms with Crippen molar-refractivity contribution in [3.8, 4) is 0 Å². The van der Waals surface area contributed by atoms with Gasteiger partial charge in [-0.25, -0.2) is 4.98 Å². The minimum absolute atomic E-state index is 0.0515. The normalized spacial score (nSPS) is 23.6. The first kappa shape index (κ1) is 18.9. The maximum atomic E-state index is 12.7. The monoisotopic (exact) mass is 401 g/mol. The molecule has 0 bridgehead atoms. The van der Waals surface area contributed by atoms with Gasteiger partial charge in [0, 0.05) is 41.1 Å². The van der Waals surface area contributed by atoms with Crippen LogP contribution in [0.2, 0.25) is 5.02 Å². The zero-order valence-electron chi connectivity index (χ0n) is 15.2. The zero-order valence-corrected chi connectivity index (χ0v) is 15.9. The molecule has 7 nitrogen and oxygen atoms in total. The van der Waals surface area contributed by atoms with Crippen LogP contribution in [0.15, 0.2) is 36.4 Å². The van der Waals surface area contributed by atoms with Gasteiger partial charge >= 0.3 is 0 Å². The van der Waals surface area contributed by atoms with E-state index in [0.29, 0.717) is 35.6 Å². The predicted octanol–water partition coefficient (Wildman–Crippen LogP) is 1.55. The Balaban J connectivity index is 1.64. The first-order chi connectivity index (χ1) is 13.5. The molecule has 4 atom stereocenters. The van der Waals surface area contributed by atoms with Crippen molar-refractivity contribution < 1.29 is 19.4 Å². The third-order valence-corrected chi connectivity index (χ3v) is 5.64. The van der Waals surface area contributed by atoms with E-state index in [0.717, 1.165) is 0 Å². The molecule has 1 aromatic heterocycles. The van der Waals surface area contributed by atoms with E-state index in [1.807, 2.05) is 0 Å². The number of aliphatic hydroxyl groups excluding tert-OH is 1. The predicted molar refractivity (Wildman–Crippen MR) is 102 cm³/mol. The summed E-state index contributed by atoms with van der Waals surface area (Å²) in [7, 11) is 1.48. The molecule has 2 heterocycles. The number of nitrogens with one attached hydrogen (secondary N) is 2. The minimum atomic E-state index is -1.17. The first-order valence-corrected chi connectivity index (χ1v) is 9.42. The molecule has 3 N–H and O–H groups in total. The number of carbonyl (C=O) groups excluding carboxylic acids is 2.